The van der Waals surface area contributed by atoms with E-state index in [-0.39, 0.29) is 72.6 Å². The van der Waals surface area contributed by atoms with Crippen LogP contribution in [0.1, 0.15) is 50.7 Å². The molecule has 6 aromatic rings. The molecule has 4 aromatic heterocycles. The molecular weight excluding hydrogens is 1040 g/mol. The molecule has 0 aliphatic carbocycles. The minimum atomic E-state index is -4.24. The van der Waals surface area contributed by atoms with E-state index in [9.17, 15) is 26.0 Å². The van der Waals surface area contributed by atoms with Crippen LogP contribution in [0, 0.1) is 11.6 Å². The first-order valence-electron chi connectivity index (χ1n) is 22.4. The van der Waals surface area contributed by atoms with Crippen molar-refractivity contribution in [3.05, 3.63) is 83.7 Å². The maximum absolute atomic E-state index is 14.7. The fourth-order valence-electron chi connectivity index (χ4n) is 6.47. The Morgan fingerprint density at radius 1 is 0.694 bits per heavy atom. The van der Waals surface area contributed by atoms with Crippen LogP contribution < -0.4 is 48.5 Å². The third-order valence-corrected chi connectivity index (χ3v) is 15.2. The first-order chi connectivity index (χ1) is 33.3. The van der Waals surface area contributed by atoms with Crippen LogP contribution in [-0.2, 0) is 43.1 Å². The van der Waals surface area contributed by atoms with Crippen molar-refractivity contribution in [2.24, 2.45) is 0 Å². The molecule has 26 heteroatoms. The fraction of sp³-hybridized carbons (Fsp3) is 0.435. The van der Waals surface area contributed by atoms with E-state index in [4.69, 9.17) is 39.1 Å². The summed E-state index contributed by atoms with van der Waals surface area (Å²) in [7, 11) is 1.58. The van der Waals surface area contributed by atoms with Gasteiger partial charge in [-0.25, -0.2) is 27.2 Å². The zero-order valence-corrected chi connectivity index (χ0v) is 49.2. The van der Waals surface area contributed by atoms with Gasteiger partial charge < -0.3 is 33.0 Å². The first kappa shape index (κ1) is 60.3. The maximum atomic E-state index is 14.7. The van der Waals surface area contributed by atoms with Crippen molar-refractivity contribution in [3.63, 3.8) is 0 Å². The molecule has 18 nitrogen and oxygen atoms in total. The maximum Gasteiger partial charge on any atom is 1.00 e. The van der Waals surface area contributed by atoms with Crippen LogP contribution in [-0.4, -0.2) is 100 Å². The number of hydrogen-bond acceptors (Lipinski definition) is 16. The number of ether oxygens (including phenoxy) is 6. The van der Waals surface area contributed by atoms with Crippen LogP contribution in [0.2, 0.25) is 51.4 Å². The molecule has 0 spiro atoms. The standard InChI is InChI=1S/C23H30ClFN4O5SSi.C23H31FN4O5SSi.Na/c1-15(2)18-12-17(25)13-19(16-7-8-26-20(11-16)32-3)21(18)34-23-27-22(35(24,30)31)28-29(23)14-33-9-10-36(4,5)6;1-15(2)18-12-17(24)13-19(16-7-8-25-20(11-16)31-3)21(18)33-23-26-22(34(29)30)27-28(23)14-32-9-10-35(4,5)6;/h7-8,11-13,15H,9-10,14H2,1-6H3;7-8,11-13,15H,9-10,14H2,1-6H3,(H,29,30);/q;;+1/p-1. The average molecular weight is 1100 g/mol. The van der Waals surface area contributed by atoms with E-state index in [0.29, 0.717) is 64.1 Å². The molecule has 4 heterocycles. The molecule has 0 saturated heterocycles. The molecule has 0 N–H and O–H groups in total. The zero-order chi connectivity index (χ0) is 52.4. The Balaban J connectivity index is 0.000000308. The van der Waals surface area contributed by atoms with E-state index in [1.165, 1.54) is 54.0 Å². The molecule has 0 radical (unpaired) electrons. The van der Waals surface area contributed by atoms with Gasteiger partial charge in [0.05, 0.1) is 14.2 Å². The predicted octanol–water partition coefficient (Wildman–Crippen LogP) is 7.60. The third-order valence-electron chi connectivity index (χ3n) is 10.3. The van der Waals surface area contributed by atoms with Crippen molar-refractivity contribution < 1.29 is 83.9 Å². The van der Waals surface area contributed by atoms with Crippen molar-refractivity contribution in [2.45, 2.75) is 115 Å². The number of hydrogen-bond donors (Lipinski definition) is 0. The Labute approximate surface area is 450 Å². The molecule has 0 bridgehead atoms. The smallest absolute Gasteiger partial charge is 0.766 e. The number of methoxy groups -OCH3 is 2. The summed E-state index contributed by atoms with van der Waals surface area (Å²) < 4.78 is 113. The monoisotopic (exact) mass is 1100 g/mol. The van der Waals surface area contributed by atoms with E-state index >= 15 is 0 Å². The summed E-state index contributed by atoms with van der Waals surface area (Å²) in [5, 5.41) is 6.95. The van der Waals surface area contributed by atoms with Gasteiger partial charge in [0, 0.05) is 97.9 Å². The largest absolute Gasteiger partial charge is 1.00 e. The van der Waals surface area contributed by atoms with E-state index in [1.54, 1.807) is 30.5 Å². The summed E-state index contributed by atoms with van der Waals surface area (Å²) in [6.07, 6.45) is 3.08. The Morgan fingerprint density at radius 2 is 1.11 bits per heavy atom. The second-order valence-electron chi connectivity index (χ2n) is 19.2. The quantitative estimate of drug-likeness (QED) is 0.0277. The summed E-state index contributed by atoms with van der Waals surface area (Å²) in [6.45, 7) is 21.8. The van der Waals surface area contributed by atoms with E-state index < -0.39 is 58.2 Å². The summed E-state index contributed by atoms with van der Waals surface area (Å²) in [6, 6.07) is 13.7. The van der Waals surface area contributed by atoms with Crippen molar-refractivity contribution in [1.82, 2.24) is 39.5 Å². The second kappa shape index (κ2) is 26.3. The predicted molar refractivity (Wildman–Crippen MR) is 269 cm³/mol. The van der Waals surface area contributed by atoms with Crippen molar-refractivity contribution in [1.29, 1.82) is 0 Å². The third kappa shape index (κ3) is 17.5. The van der Waals surface area contributed by atoms with Crippen molar-refractivity contribution >= 4 is 47.0 Å². The minimum Gasteiger partial charge on any atom is -0.766 e. The second-order valence-corrected chi connectivity index (χ2v) is 33.7. The molecule has 6 rings (SSSR count). The summed E-state index contributed by atoms with van der Waals surface area (Å²) in [4.78, 5) is 16.3. The van der Waals surface area contributed by atoms with Gasteiger partial charge in [0.1, 0.15) is 36.6 Å². The molecule has 2 aromatic carbocycles. The van der Waals surface area contributed by atoms with Gasteiger partial charge in [0.15, 0.2) is 0 Å². The van der Waals surface area contributed by atoms with Crippen LogP contribution in [0.25, 0.3) is 22.3 Å². The zero-order valence-electron chi connectivity index (χ0n) is 42.8. The van der Waals surface area contributed by atoms with E-state index in [1.807, 2.05) is 27.7 Å². The van der Waals surface area contributed by atoms with Crippen LogP contribution in [0.3, 0.4) is 0 Å². The van der Waals surface area contributed by atoms with Gasteiger partial charge in [0.2, 0.25) is 16.9 Å². The Morgan fingerprint density at radius 3 is 1.49 bits per heavy atom. The topological polar surface area (TPSA) is 217 Å². The van der Waals surface area contributed by atoms with E-state index in [2.05, 4.69) is 69.4 Å². The Kier molecular flexibility index (Phi) is 22.1. The van der Waals surface area contributed by atoms with Gasteiger partial charge in [0.25, 0.3) is 14.2 Å². The summed E-state index contributed by atoms with van der Waals surface area (Å²) in [5.74, 6) is 0.151. The molecule has 0 fully saturated rings. The molecule has 1 atom stereocenters. The van der Waals surface area contributed by atoms with Crippen molar-refractivity contribution in [3.8, 4) is 57.5 Å². The number of benzene rings is 2. The Bertz CT molecular complexity index is 2920. The Hall–Kier alpha value is -4.22. The normalized spacial score (nSPS) is 12.3. The summed E-state index contributed by atoms with van der Waals surface area (Å²) >= 11 is -2.67. The average Bonchev–Trinajstić information content (AvgIpc) is 3.91. The SMILES string of the molecule is COc1cc(-c2cc(F)cc(C(C)C)c2Oc2nc(S(=O)(=O)Cl)nn2COCC[Si](C)(C)C)ccn1.COc1cc(-c2cc(F)cc(C(C)C)c2Oc2nc(S(=O)[O-])nn2COCC[Si](C)(C)C)ccn1.[Na+]. The number of pyridine rings is 2. The summed E-state index contributed by atoms with van der Waals surface area (Å²) in [5.41, 5.74) is 3.16. The first-order valence-corrected chi connectivity index (χ1v) is 33.2. The fourth-order valence-corrected chi connectivity index (χ4v) is 8.88. The van der Waals surface area contributed by atoms with Crippen LogP contribution in [0.5, 0.6) is 35.3 Å². The van der Waals surface area contributed by atoms with Crippen LogP contribution in [0.15, 0.2) is 71.2 Å². The molecule has 0 amide bonds. The number of nitrogens with zero attached hydrogens (tertiary/aromatic N) is 8. The molecule has 72 heavy (non-hydrogen) atoms. The number of rotatable bonds is 22. The van der Waals surface area contributed by atoms with Gasteiger partial charge in [-0.05, 0) is 71.4 Å². The van der Waals surface area contributed by atoms with E-state index in [0.717, 1.165) is 12.1 Å². The molecule has 1 unspecified atom stereocenters. The molecule has 0 aliphatic heterocycles. The molecular formula is C46H60ClF2N8NaO10S2Si2. The minimum absolute atomic E-state index is 0. The van der Waals surface area contributed by atoms with Gasteiger partial charge >= 0.3 is 41.6 Å². The molecule has 0 aliphatic rings. The van der Waals surface area contributed by atoms with Crippen LogP contribution in [0.4, 0.5) is 8.78 Å². The molecule has 0 saturated carbocycles. The van der Waals surface area contributed by atoms with Crippen LogP contribution >= 0.6 is 10.7 Å². The van der Waals surface area contributed by atoms with Crippen molar-refractivity contribution in [2.75, 3.05) is 27.4 Å². The number of aromatic nitrogens is 8. The molecule has 386 valence electrons. The van der Waals surface area contributed by atoms with Gasteiger partial charge in [-0.1, -0.05) is 67.0 Å². The number of halogens is 3. The van der Waals surface area contributed by atoms with Gasteiger partial charge in [-0.2, -0.15) is 19.3 Å². The van der Waals surface area contributed by atoms with Gasteiger partial charge in [-0.3, -0.25) is 4.21 Å². The van der Waals surface area contributed by atoms with Gasteiger partial charge in [-0.15, -0.1) is 10.2 Å².